The fourth-order valence-corrected chi connectivity index (χ4v) is 4.32. The maximum Gasteiger partial charge on any atom is 0.338 e. The molecule has 0 amide bonds. The van der Waals surface area contributed by atoms with Crippen molar-refractivity contribution in [2.45, 2.75) is 38.7 Å². The zero-order valence-corrected chi connectivity index (χ0v) is 23.8. The van der Waals surface area contributed by atoms with E-state index >= 15 is 0 Å². The van der Waals surface area contributed by atoms with Crippen LogP contribution in [0.5, 0.6) is 11.5 Å². The topological polar surface area (TPSA) is 104 Å². The smallest absolute Gasteiger partial charge is 0.338 e. The van der Waals surface area contributed by atoms with Gasteiger partial charge in [0.25, 0.3) is 0 Å². The van der Waals surface area contributed by atoms with Gasteiger partial charge in [-0.25, -0.2) is 9.59 Å². The molecular formula is C33H37NO7. The van der Waals surface area contributed by atoms with Crippen molar-refractivity contribution in [1.82, 2.24) is 4.98 Å². The Hall–Kier alpha value is -4.43. The van der Waals surface area contributed by atoms with Crippen LogP contribution >= 0.6 is 0 Å². The van der Waals surface area contributed by atoms with Gasteiger partial charge in [-0.2, -0.15) is 0 Å². The number of ether oxygens (including phenoxy) is 4. The van der Waals surface area contributed by atoms with E-state index in [0.717, 1.165) is 30.4 Å². The zero-order chi connectivity index (χ0) is 29.6. The van der Waals surface area contributed by atoms with Crippen LogP contribution in [0.2, 0.25) is 0 Å². The number of nitrogens with zero attached hydrogens (tertiary/aromatic N) is 1. The van der Waals surface area contributed by atoms with E-state index in [2.05, 4.69) is 18.5 Å². The fourth-order valence-electron chi connectivity index (χ4n) is 4.32. The number of aromatic nitrogens is 1. The first kappa shape index (κ1) is 31.1. The highest BCUT2D eigenvalue weighted by atomic mass is 16.5. The van der Waals surface area contributed by atoms with Crippen LogP contribution in [0.25, 0.3) is 5.57 Å². The molecule has 0 radical (unpaired) electrons. The molecule has 3 rings (SSSR count). The average molecular weight is 560 g/mol. The van der Waals surface area contributed by atoms with Gasteiger partial charge in [0.05, 0.1) is 32.0 Å². The average Bonchev–Trinajstić information content (AvgIpc) is 3.02. The number of hydrogen-bond acceptors (Lipinski definition) is 8. The van der Waals surface area contributed by atoms with E-state index in [1.54, 1.807) is 43.5 Å². The lowest BCUT2D eigenvalue weighted by Crippen LogP contribution is -2.14. The molecule has 0 aliphatic heterocycles. The standard InChI is InChI=1S/C33H37NO7/c1-5-6-9-23(2)26(28-22-25(32(36)39-4)12-14-29(28)38-3)13-15-31(41-33(37)24-16-18-34-19-17-24)27-10-7-8-11-30(27)40-21-20-35/h7-8,10-14,16-19,22,31,35H,2,5-6,9,15,20-21H2,1,3-4H3/b26-13-/t31-/m1/s1. The monoisotopic (exact) mass is 559 g/mol. The molecule has 216 valence electrons. The Balaban J connectivity index is 2.10. The first-order valence-corrected chi connectivity index (χ1v) is 13.5. The third kappa shape index (κ3) is 8.53. The third-order valence-corrected chi connectivity index (χ3v) is 6.44. The Labute approximate surface area is 241 Å². The first-order chi connectivity index (χ1) is 19.9. The molecule has 0 fully saturated rings. The number of carbonyl (C=O) groups is 2. The van der Waals surface area contributed by atoms with E-state index in [4.69, 9.17) is 18.9 Å². The summed E-state index contributed by atoms with van der Waals surface area (Å²) in [6.07, 6.45) is 7.16. The fraction of sp³-hybridized carbons (Fsp3) is 0.303. The molecule has 1 aromatic heterocycles. The number of pyridine rings is 1. The predicted molar refractivity (Wildman–Crippen MR) is 157 cm³/mol. The van der Waals surface area contributed by atoms with Crippen molar-refractivity contribution in [3.63, 3.8) is 0 Å². The van der Waals surface area contributed by atoms with E-state index in [1.165, 1.54) is 19.5 Å². The van der Waals surface area contributed by atoms with E-state index in [-0.39, 0.29) is 19.6 Å². The van der Waals surface area contributed by atoms with Crippen LogP contribution < -0.4 is 9.47 Å². The van der Waals surface area contributed by atoms with Crippen molar-refractivity contribution < 1.29 is 33.6 Å². The van der Waals surface area contributed by atoms with E-state index in [0.29, 0.717) is 33.8 Å². The van der Waals surface area contributed by atoms with Crippen LogP contribution in [0.1, 0.15) is 70.6 Å². The van der Waals surface area contributed by atoms with Crippen LogP contribution in [0.15, 0.2) is 85.2 Å². The molecule has 0 aliphatic carbocycles. The van der Waals surface area contributed by atoms with E-state index < -0.39 is 18.0 Å². The number of esters is 2. The third-order valence-electron chi connectivity index (χ3n) is 6.44. The maximum atomic E-state index is 13.2. The Bertz CT molecular complexity index is 1350. The Morgan fingerprint density at radius 1 is 1.00 bits per heavy atom. The molecule has 0 saturated heterocycles. The maximum absolute atomic E-state index is 13.2. The first-order valence-electron chi connectivity index (χ1n) is 13.5. The minimum atomic E-state index is -0.741. The molecular weight excluding hydrogens is 522 g/mol. The van der Waals surface area contributed by atoms with Gasteiger partial charge >= 0.3 is 11.9 Å². The van der Waals surface area contributed by atoms with Gasteiger partial charge in [0, 0.05) is 29.9 Å². The highest BCUT2D eigenvalue weighted by molar-refractivity contribution is 5.93. The van der Waals surface area contributed by atoms with Gasteiger partial charge in [-0.05, 0) is 60.4 Å². The van der Waals surface area contributed by atoms with Crippen molar-refractivity contribution in [3.05, 3.63) is 107 Å². The Morgan fingerprint density at radius 3 is 2.44 bits per heavy atom. The highest BCUT2D eigenvalue weighted by Crippen LogP contribution is 2.37. The summed E-state index contributed by atoms with van der Waals surface area (Å²) < 4.78 is 22.4. The lowest BCUT2D eigenvalue weighted by molar-refractivity contribution is 0.0296. The molecule has 1 N–H and O–H groups in total. The number of rotatable bonds is 15. The van der Waals surface area contributed by atoms with Crippen LogP contribution in [-0.2, 0) is 9.47 Å². The van der Waals surface area contributed by atoms with E-state index in [9.17, 15) is 14.7 Å². The summed E-state index contributed by atoms with van der Waals surface area (Å²) >= 11 is 0. The quantitative estimate of drug-likeness (QED) is 0.169. The molecule has 0 unspecified atom stereocenters. The summed E-state index contributed by atoms with van der Waals surface area (Å²) in [6.45, 7) is 6.39. The van der Waals surface area contributed by atoms with Crippen molar-refractivity contribution >= 4 is 17.5 Å². The summed E-state index contributed by atoms with van der Waals surface area (Å²) in [5.74, 6) is 0.0867. The van der Waals surface area contributed by atoms with Gasteiger partial charge in [0.15, 0.2) is 0 Å². The molecule has 0 aliphatic rings. The Morgan fingerprint density at radius 2 is 1.76 bits per heavy atom. The molecule has 8 nitrogen and oxygen atoms in total. The number of benzene rings is 2. The van der Waals surface area contributed by atoms with Gasteiger partial charge < -0.3 is 24.1 Å². The summed E-state index contributed by atoms with van der Waals surface area (Å²) in [6, 6.07) is 15.5. The lowest BCUT2D eigenvalue weighted by Gasteiger charge is -2.22. The van der Waals surface area contributed by atoms with Crippen molar-refractivity contribution in [3.8, 4) is 11.5 Å². The van der Waals surface area contributed by atoms with Crippen molar-refractivity contribution in [2.24, 2.45) is 0 Å². The molecule has 0 bridgehead atoms. The summed E-state index contributed by atoms with van der Waals surface area (Å²) in [5.41, 5.74) is 3.70. The number of aliphatic hydroxyl groups is 1. The zero-order valence-electron chi connectivity index (χ0n) is 23.8. The molecule has 0 saturated carbocycles. The van der Waals surface area contributed by atoms with Crippen LogP contribution in [0.3, 0.4) is 0 Å². The molecule has 3 aromatic rings. The number of methoxy groups -OCH3 is 2. The van der Waals surface area contributed by atoms with Crippen LogP contribution in [0.4, 0.5) is 0 Å². The molecule has 1 heterocycles. The number of unbranched alkanes of at least 4 members (excludes halogenated alkanes) is 1. The summed E-state index contributed by atoms with van der Waals surface area (Å²) in [7, 11) is 2.90. The van der Waals surface area contributed by atoms with Gasteiger partial charge in [0.1, 0.15) is 24.2 Å². The van der Waals surface area contributed by atoms with Crippen LogP contribution in [0, 0.1) is 0 Å². The van der Waals surface area contributed by atoms with E-state index in [1.807, 2.05) is 24.3 Å². The largest absolute Gasteiger partial charge is 0.496 e. The molecule has 2 aromatic carbocycles. The summed E-state index contributed by atoms with van der Waals surface area (Å²) in [5, 5.41) is 9.33. The number of hydrogen-bond donors (Lipinski definition) is 1. The minimum absolute atomic E-state index is 0.0917. The molecule has 41 heavy (non-hydrogen) atoms. The SMILES string of the molecule is C=C(CCCC)/C(=C/C[C@@H](OC(=O)c1ccncc1)c1ccccc1OCCO)c1cc(C(=O)OC)ccc1OC. The lowest BCUT2D eigenvalue weighted by atomic mass is 9.91. The molecule has 8 heteroatoms. The second kappa shape index (κ2) is 16.0. The second-order valence-electron chi connectivity index (χ2n) is 9.21. The summed E-state index contributed by atoms with van der Waals surface area (Å²) in [4.78, 5) is 29.5. The number of carbonyl (C=O) groups excluding carboxylic acids is 2. The normalized spacial score (nSPS) is 11.9. The Kier molecular flexibility index (Phi) is 12.1. The van der Waals surface area contributed by atoms with Gasteiger partial charge in [-0.3, -0.25) is 4.98 Å². The second-order valence-corrected chi connectivity index (χ2v) is 9.21. The van der Waals surface area contributed by atoms with Gasteiger partial charge in [0.2, 0.25) is 0 Å². The van der Waals surface area contributed by atoms with Crippen LogP contribution in [-0.4, -0.2) is 49.5 Å². The molecule has 1 atom stereocenters. The minimum Gasteiger partial charge on any atom is -0.496 e. The van der Waals surface area contributed by atoms with Gasteiger partial charge in [-0.1, -0.05) is 44.2 Å². The van der Waals surface area contributed by atoms with Gasteiger partial charge in [-0.15, -0.1) is 0 Å². The highest BCUT2D eigenvalue weighted by Gasteiger charge is 2.23. The number of allylic oxidation sites excluding steroid dienone is 2. The van der Waals surface area contributed by atoms with Crippen molar-refractivity contribution in [2.75, 3.05) is 27.4 Å². The molecule has 0 spiro atoms. The van der Waals surface area contributed by atoms with Crippen molar-refractivity contribution in [1.29, 1.82) is 0 Å². The number of aliphatic hydroxyl groups excluding tert-OH is 1. The number of para-hydroxylation sites is 1. The predicted octanol–water partition coefficient (Wildman–Crippen LogP) is 6.37.